The van der Waals surface area contributed by atoms with Crippen molar-refractivity contribution in [1.82, 2.24) is 20.1 Å². The number of hydrogen-bond donors (Lipinski definition) is 1. The highest BCUT2D eigenvalue weighted by Crippen LogP contribution is 2.34. The lowest BCUT2D eigenvalue weighted by molar-refractivity contribution is -0.137. The van der Waals surface area contributed by atoms with Gasteiger partial charge in [0.2, 0.25) is 11.8 Å². The SMILES string of the molecule is COc1cc2ccc1Oc1cccc(c1)CO[C@H]1CN(Cc3ncc(C)c(OC)c3C)C[C@@H]1NC(=O)CN(C1CC1)C(=O)CC2. The second kappa shape index (κ2) is 13.5. The molecule has 1 aromatic heterocycles. The molecule has 10 nitrogen and oxygen atoms in total. The molecule has 2 atom stereocenters. The first kappa shape index (κ1) is 30.9. The summed E-state index contributed by atoms with van der Waals surface area (Å²) < 4.78 is 24.0. The smallest absolute Gasteiger partial charge is 0.239 e. The van der Waals surface area contributed by atoms with E-state index in [9.17, 15) is 9.59 Å². The highest BCUT2D eigenvalue weighted by Gasteiger charge is 2.38. The molecule has 10 heteroatoms. The number of nitrogens with zero attached hydrogens (tertiary/aromatic N) is 3. The second-order valence-electron chi connectivity index (χ2n) is 12.3. The maximum absolute atomic E-state index is 13.5. The minimum Gasteiger partial charge on any atom is -0.496 e. The predicted octanol–water partition coefficient (Wildman–Crippen LogP) is 4.33. The van der Waals surface area contributed by atoms with Gasteiger partial charge in [-0.1, -0.05) is 18.2 Å². The van der Waals surface area contributed by atoms with E-state index in [1.54, 1.807) is 19.1 Å². The Morgan fingerprint density at radius 2 is 1.84 bits per heavy atom. The molecule has 45 heavy (non-hydrogen) atoms. The fourth-order valence-electron chi connectivity index (χ4n) is 6.32. The Bertz CT molecular complexity index is 1560. The molecule has 0 unspecified atom stereocenters. The van der Waals surface area contributed by atoms with Crippen LogP contribution in [0.15, 0.2) is 48.7 Å². The Balaban J connectivity index is 1.26. The van der Waals surface area contributed by atoms with Crippen molar-refractivity contribution in [2.75, 3.05) is 33.9 Å². The van der Waals surface area contributed by atoms with Gasteiger partial charge in [0, 0.05) is 49.4 Å². The van der Waals surface area contributed by atoms with E-state index >= 15 is 0 Å². The lowest BCUT2D eigenvalue weighted by Gasteiger charge is -2.25. The lowest BCUT2D eigenvalue weighted by Crippen LogP contribution is -2.49. The first-order valence-corrected chi connectivity index (χ1v) is 15.7. The van der Waals surface area contributed by atoms with Gasteiger partial charge in [0.15, 0.2) is 11.5 Å². The van der Waals surface area contributed by atoms with Crippen LogP contribution in [0.1, 0.15) is 47.2 Å². The van der Waals surface area contributed by atoms with Gasteiger partial charge in [-0.15, -0.1) is 0 Å². The normalized spacial score (nSPS) is 21.3. The molecule has 1 aliphatic carbocycles. The predicted molar refractivity (Wildman–Crippen MR) is 169 cm³/mol. The zero-order chi connectivity index (χ0) is 31.5. The minimum atomic E-state index is -0.259. The molecule has 2 amide bonds. The molecule has 4 aliphatic rings. The second-order valence-corrected chi connectivity index (χ2v) is 12.3. The standard InChI is InChI=1S/C35H42N4O6/c1-22-16-36-28(23(2)35(22)43-4)17-38-18-29-32(19-38)44-21-25-6-5-7-27(14-25)45-30-12-8-24(15-31(30)42-3)9-13-34(41)39(26-10-11-26)20-33(40)37-29/h5-8,12,14-16,26,29,32H,9-11,13,17-21H2,1-4H3,(H,37,40)/t29-,32-/m0/s1. The summed E-state index contributed by atoms with van der Waals surface area (Å²) in [7, 11) is 3.29. The molecule has 3 aliphatic heterocycles. The number of nitrogens with one attached hydrogen (secondary N) is 1. The van der Waals surface area contributed by atoms with Crippen LogP contribution >= 0.6 is 0 Å². The van der Waals surface area contributed by atoms with Crippen molar-refractivity contribution in [3.05, 3.63) is 76.6 Å². The van der Waals surface area contributed by atoms with Gasteiger partial charge >= 0.3 is 0 Å². The molecule has 1 N–H and O–H groups in total. The molecule has 0 spiro atoms. The first-order chi connectivity index (χ1) is 21.8. The van der Waals surface area contributed by atoms with Crippen LogP contribution in [-0.4, -0.2) is 78.6 Å². The number of methoxy groups -OCH3 is 2. The summed E-state index contributed by atoms with van der Waals surface area (Å²) in [5.74, 6) is 2.53. The molecule has 7 rings (SSSR count). The molecule has 1 saturated heterocycles. The molecule has 1 saturated carbocycles. The van der Waals surface area contributed by atoms with Crippen LogP contribution in [0.25, 0.3) is 0 Å². The molecular formula is C35H42N4O6. The number of carbonyl (C=O) groups is 2. The summed E-state index contributed by atoms with van der Waals surface area (Å²) in [5.41, 5.74) is 4.86. The van der Waals surface area contributed by atoms with Gasteiger partial charge in [0.1, 0.15) is 11.5 Å². The van der Waals surface area contributed by atoms with E-state index in [-0.39, 0.29) is 36.5 Å². The van der Waals surface area contributed by atoms with Crippen LogP contribution in [-0.2, 0) is 33.9 Å². The quantitative estimate of drug-likeness (QED) is 0.453. The number of ether oxygens (including phenoxy) is 4. The molecule has 2 fully saturated rings. The highest BCUT2D eigenvalue weighted by atomic mass is 16.5. The van der Waals surface area contributed by atoms with Gasteiger partial charge in [0.25, 0.3) is 0 Å². The molecule has 2 aromatic carbocycles. The van der Waals surface area contributed by atoms with E-state index in [0.717, 1.165) is 46.5 Å². The Morgan fingerprint density at radius 1 is 1.00 bits per heavy atom. The summed E-state index contributed by atoms with van der Waals surface area (Å²) in [6.07, 6.45) is 4.28. The number of carbonyl (C=O) groups excluding carboxylic acids is 2. The van der Waals surface area contributed by atoms with Crippen molar-refractivity contribution in [2.45, 2.75) is 70.9 Å². The van der Waals surface area contributed by atoms with Gasteiger partial charge in [-0.25, -0.2) is 0 Å². The third-order valence-corrected chi connectivity index (χ3v) is 8.88. The van der Waals surface area contributed by atoms with Crippen LogP contribution < -0.4 is 19.5 Å². The summed E-state index contributed by atoms with van der Waals surface area (Å²) in [5, 5.41) is 3.22. The topological polar surface area (TPSA) is 102 Å². The first-order valence-electron chi connectivity index (χ1n) is 15.7. The number of likely N-dealkylation sites (tertiary alicyclic amines) is 1. The van der Waals surface area contributed by atoms with Crippen LogP contribution in [0.4, 0.5) is 0 Å². The summed E-state index contributed by atoms with van der Waals surface area (Å²) in [6.45, 7) is 6.22. The zero-order valence-corrected chi connectivity index (χ0v) is 26.5. The highest BCUT2D eigenvalue weighted by molar-refractivity contribution is 5.85. The van der Waals surface area contributed by atoms with Gasteiger partial charge in [0.05, 0.1) is 45.2 Å². The number of hydrogen-bond acceptors (Lipinski definition) is 8. The van der Waals surface area contributed by atoms with Crippen LogP contribution in [0.5, 0.6) is 23.0 Å². The van der Waals surface area contributed by atoms with Crippen molar-refractivity contribution in [2.24, 2.45) is 0 Å². The number of amides is 2. The number of fused-ring (bicyclic) bond motifs is 9. The van der Waals surface area contributed by atoms with E-state index < -0.39 is 0 Å². The monoisotopic (exact) mass is 614 g/mol. The van der Waals surface area contributed by atoms with Crippen LogP contribution in [0.3, 0.4) is 0 Å². The fraction of sp³-hybridized carbons (Fsp3) is 0.457. The lowest BCUT2D eigenvalue weighted by atomic mass is 10.1. The Morgan fingerprint density at radius 3 is 2.62 bits per heavy atom. The van der Waals surface area contributed by atoms with Gasteiger partial charge in [-0.2, -0.15) is 0 Å². The number of pyridine rings is 1. The van der Waals surface area contributed by atoms with Gasteiger partial charge < -0.3 is 29.2 Å². The maximum atomic E-state index is 13.5. The Labute approximate surface area is 264 Å². The minimum absolute atomic E-state index is 0.0170. The van der Waals surface area contributed by atoms with E-state index in [4.69, 9.17) is 23.9 Å². The number of rotatable bonds is 5. The van der Waals surface area contributed by atoms with Gasteiger partial charge in [-0.05, 0) is 68.5 Å². The zero-order valence-electron chi connectivity index (χ0n) is 26.5. The molecule has 3 aromatic rings. The van der Waals surface area contributed by atoms with Crippen molar-refractivity contribution >= 4 is 11.8 Å². The fourth-order valence-corrected chi connectivity index (χ4v) is 6.32. The molecule has 4 heterocycles. The molecule has 238 valence electrons. The third kappa shape index (κ3) is 7.23. The summed E-state index contributed by atoms with van der Waals surface area (Å²) in [6, 6.07) is 13.4. The number of aryl methyl sites for hydroxylation is 2. The average Bonchev–Trinajstić information content (AvgIpc) is 3.81. The van der Waals surface area contributed by atoms with Crippen molar-refractivity contribution in [1.29, 1.82) is 0 Å². The number of aromatic nitrogens is 1. The molecular weight excluding hydrogens is 572 g/mol. The Kier molecular flexibility index (Phi) is 9.23. The largest absolute Gasteiger partial charge is 0.496 e. The maximum Gasteiger partial charge on any atom is 0.239 e. The van der Waals surface area contributed by atoms with E-state index in [1.807, 2.05) is 62.5 Å². The van der Waals surface area contributed by atoms with Crippen molar-refractivity contribution < 1.29 is 28.5 Å². The average molecular weight is 615 g/mol. The number of benzene rings is 2. The van der Waals surface area contributed by atoms with Crippen molar-refractivity contribution in [3.63, 3.8) is 0 Å². The van der Waals surface area contributed by atoms with Crippen molar-refractivity contribution in [3.8, 4) is 23.0 Å². The summed E-state index contributed by atoms with van der Waals surface area (Å²) >= 11 is 0. The molecule has 0 radical (unpaired) electrons. The third-order valence-electron chi connectivity index (χ3n) is 8.88. The van der Waals surface area contributed by atoms with E-state index in [2.05, 4.69) is 10.2 Å². The molecule has 4 bridgehead atoms. The summed E-state index contributed by atoms with van der Waals surface area (Å²) in [4.78, 5) is 35.5. The van der Waals surface area contributed by atoms with E-state index in [0.29, 0.717) is 56.3 Å². The van der Waals surface area contributed by atoms with Crippen LogP contribution in [0, 0.1) is 13.8 Å². The van der Waals surface area contributed by atoms with Crippen LogP contribution in [0.2, 0.25) is 0 Å². The van der Waals surface area contributed by atoms with E-state index in [1.165, 1.54) is 0 Å². The Hall–Kier alpha value is -4.15. The van der Waals surface area contributed by atoms with Gasteiger partial charge in [-0.3, -0.25) is 19.5 Å².